The first kappa shape index (κ1) is 17.5. The summed E-state index contributed by atoms with van der Waals surface area (Å²) < 4.78 is 7.46. The van der Waals surface area contributed by atoms with E-state index >= 15 is 0 Å². The number of benzene rings is 1. The number of ether oxygens (including phenoxy) is 1. The number of hydrogen-bond donors (Lipinski definition) is 0. The van der Waals surface area contributed by atoms with Crippen molar-refractivity contribution in [1.29, 1.82) is 0 Å². The molecule has 1 aromatic carbocycles. The molecule has 0 N–H and O–H groups in total. The van der Waals surface area contributed by atoms with Gasteiger partial charge in [-0.2, -0.15) is 5.10 Å². The van der Waals surface area contributed by atoms with Gasteiger partial charge in [0.15, 0.2) is 0 Å². The van der Waals surface area contributed by atoms with Crippen molar-refractivity contribution < 1.29 is 9.53 Å². The van der Waals surface area contributed by atoms with Crippen molar-refractivity contribution >= 4 is 5.91 Å². The Balaban J connectivity index is 1.41. The molecule has 1 aromatic heterocycles. The molecule has 6 nitrogen and oxygen atoms in total. The number of aromatic nitrogens is 2. The molecule has 134 valence electrons. The summed E-state index contributed by atoms with van der Waals surface area (Å²) in [6.45, 7) is 4.85. The second-order valence-corrected chi connectivity index (χ2v) is 6.44. The normalized spacial score (nSPS) is 15.8. The maximum atomic E-state index is 12.4. The monoisotopic (exact) mass is 342 g/mol. The maximum absolute atomic E-state index is 12.4. The van der Waals surface area contributed by atoms with Gasteiger partial charge in [0.05, 0.1) is 19.2 Å². The van der Waals surface area contributed by atoms with Gasteiger partial charge in [-0.3, -0.25) is 14.4 Å². The molecule has 1 amide bonds. The smallest absolute Gasteiger partial charge is 0.226 e. The van der Waals surface area contributed by atoms with Crippen molar-refractivity contribution in [3.05, 3.63) is 48.3 Å². The van der Waals surface area contributed by atoms with E-state index in [9.17, 15) is 4.79 Å². The Hall–Kier alpha value is -2.34. The lowest BCUT2D eigenvalue weighted by molar-refractivity contribution is -0.131. The Morgan fingerprint density at radius 1 is 1.16 bits per heavy atom. The van der Waals surface area contributed by atoms with Crippen LogP contribution in [0, 0.1) is 0 Å². The highest BCUT2D eigenvalue weighted by atomic mass is 16.5. The van der Waals surface area contributed by atoms with Crippen molar-refractivity contribution in [3.8, 4) is 5.75 Å². The SMILES string of the molecule is Cn1cc(CN2CCCN(C(=O)CCOc3ccccc3)CC2)cn1. The van der Waals surface area contributed by atoms with Gasteiger partial charge in [-0.05, 0) is 18.6 Å². The van der Waals surface area contributed by atoms with Gasteiger partial charge in [-0.25, -0.2) is 0 Å². The topological polar surface area (TPSA) is 50.6 Å². The zero-order chi connectivity index (χ0) is 17.5. The number of amides is 1. The molecule has 6 heteroatoms. The molecule has 2 heterocycles. The molecule has 1 aliphatic rings. The molecule has 1 saturated heterocycles. The third-order valence-electron chi connectivity index (χ3n) is 4.43. The molecular weight excluding hydrogens is 316 g/mol. The standard InChI is InChI=1S/C19H26N4O2/c1-21-15-17(14-20-21)16-22-9-5-10-23(12-11-22)19(24)8-13-25-18-6-3-2-4-7-18/h2-4,6-7,14-15H,5,8-13,16H2,1H3. The number of nitrogens with zero attached hydrogens (tertiary/aromatic N) is 4. The van der Waals surface area contributed by atoms with E-state index in [1.807, 2.05) is 53.2 Å². The van der Waals surface area contributed by atoms with Crippen LogP contribution in [0.25, 0.3) is 0 Å². The molecule has 0 unspecified atom stereocenters. The Morgan fingerprint density at radius 3 is 2.76 bits per heavy atom. The van der Waals surface area contributed by atoms with Gasteiger partial charge in [-0.15, -0.1) is 0 Å². The van der Waals surface area contributed by atoms with Crippen molar-refractivity contribution in [3.63, 3.8) is 0 Å². The highest BCUT2D eigenvalue weighted by Crippen LogP contribution is 2.11. The first-order valence-corrected chi connectivity index (χ1v) is 8.86. The zero-order valence-corrected chi connectivity index (χ0v) is 14.8. The first-order valence-electron chi connectivity index (χ1n) is 8.86. The summed E-state index contributed by atoms with van der Waals surface area (Å²) in [4.78, 5) is 16.8. The molecule has 0 radical (unpaired) electrons. The van der Waals surface area contributed by atoms with Crippen LogP contribution in [0.2, 0.25) is 0 Å². The average Bonchev–Trinajstić information content (AvgIpc) is 2.89. The van der Waals surface area contributed by atoms with Crippen molar-refractivity contribution in [2.45, 2.75) is 19.4 Å². The molecule has 0 spiro atoms. The number of rotatable bonds is 6. The zero-order valence-electron chi connectivity index (χ0n) is 14.8. The van der Waals surface area contributed by atoms with E-state index in [4.69, 9.17) is 4.74 Å². The highest BCUT2D eigenvalue weighted by molar-refractivity contribution is 5.76. The van der Waals surface area contributed by atoms with Crippen LogP contribution < -0.4 is 4.74 Å². The summed E-state index contributed by atoms with van der Waals surface area (Å²) in [5.74, 6) is 0.993. The summed E-state index contributed by atoms with van der Waals surface area (Å²) in [6.07, 6.45) is 5.40. The van der Waals surface area contributed by atoms with Gasteiger partial charge in [0.1, 0.15) is 5.75 Å². The Morgan fingerprint density at radius 2 is 2.00 bits per heavy atom. The van der Waals surface area contributed by atoms with Gasteiger partial charge >= 0.3 is 0 Å². The van der Waals surface area contributed by atoms with Crippen molar-refractivity contribution in [2.75, 3.05) is 32.8 Å². The Bertz CT molecular complexity index is 671. The second-order valence-electron chi connectivity index (χ2n) is 6.44. The largest absolute Gasteiger partial charge is 0.493 e. The van der Waals surface area contributed by atoms with Crippen LogP contribution in [0.4, 0.5) is 0 Å². The highest BCUT2D eigenvalue weighted by Gasteiger charge is 2.19. The van der Waals surface area contributed by atoms with E-state index in [-0.39, 0.29) is 5.91 Å². The molecule has 2 aromatic rings. The van der Waals surface area contributed by atoms with Crippen LogP contribution >= 0.6 is 0 Å². The van der Waals surface area contributed by atoms with Crippen LogP contribution in [0.1, 0.15) is 18.4 Å². The Kier molecular flexibility index (Phi) is 6.06. The fourth-order valence-corrected chi connectivity index (χ4v) is 3.12. The van der Waals surface area contributed by atoms with Crippen LogP contribution in [-0.2, 0) is 18.4 Å². The van der Waals surface area contributed by atoms with E-state index in [0.29, 0.717) is 13.0 Å². The van der Waals surface area contributed by atoms with Gasteiger partial charge < -0.3 is 9.64 Å². The maximum Gasteiger partial charge on any atom is 0.226 e. The quantitative estimate of drug-likeness (QED) is 0.805. The van der Waals surface area contributed by atoms with E-state index < -0.39 is 0 Å². The van der Waals surface area contributed by atoms with Crippen molar-refractivity contribution in [1.82, 2.24) is 19.6 Å². The summed E-state index contributed by atoms with van der Waals surface area (Å²) in [7, 11) is 1.93. The number of carbonyl (C=O) groups excluding carboxylic acids is 1. The van der Waals surface area contributed by atoms with Gasteiger partial charge in [-0.1, -0.05) is 18.2 Å². The third-order valence-corrected chi connectivity index (χ3v) is 4.43. The lowest BCUT2D eigenvalue weighted by atomic mass is 10.3. The Labute approximate surface area is 149 Å². The molecule has 0 saturated carbocycles. The minimum Gasteiger partial charge on any atom is -0.493 e. The van der Waals surface area contributed by atoms with Crippen molar-refractivity contribution in [2.24, 2.45) is 7.05 Å². The minimum absolute atomic E-state index is 0.180. The molecule has 1 aliphatic heterocycles. The molecule has 3 rings (SSSR count). The number of hydrogen-bond acceptors (Lipinski definition) is 4. The number of carbonyl (C=O) groups is 1. The van der Waals surface area contributed by atoms with Gasteiger partial charge in [0, 0.05) is 51.5 Å². The second kappa shape index (κ2) is 8.67. The van der Waals surface area contributed by atoms with E-state index in [1.165, 1.54) is 5.56 Å². The van der Waals surface area contributed by atoms with E-state index in [0.717, 1.165) is 44.9 Å². The van der Waals surface area contributed by atoms with E-state index in [1.54, 1.807) is 0 Å². The van der Waals surface area contributed by atoms with Crippen LogP contribution in [0.3, 0.4) is 0 Å². The van der Waals surface area contributed by atoms with Gasteiger partial charge in [0.25, 0.3) is 0 Å². The molecule has 1 fully saturated rings. The molecule has 0 atom stereocenters. The fraction of sp³-hybridized carbons (Fsp3) is 0.474. The predicted octanol–water partition coefficient (Wildman–Crippen LogP) is 1.92. The average molecular weight is 342 g/mol. The summed E-state index contributed by atoms with van der Waals surface area (Å²) in [5, 5.41) is 4.22. The molecule has 0 bridgehead atoms. The fourth-order valence-electron chi connectivity index (χ4n) is 3.12. The third kappa shape index (κ3) is 5.32. The predicted molar refractivity (Wildman–Crippen MR) is 96.2 cm³/mol. The summed E-state index contributed by atoms with van der Waals surface area (Å²) in [5.41, 5.74) is 1.22. The molecule has 0 aliphatic carbocycles. The lowest BCUT2D eigenvalue weighted by Crippen LogP contribution is -2.35. The summed E-state index contributed by atoms with van der Waals surface area (Å²) >= 11 is 0. The molecular formula is C19H26N4O2. The first-order chi connectivity index (χ1) is 12.2. The van der Waals surface area contributed by atoms with E-state index in [2.05, 4.69) is 16.2 Å². The van der Waals surface area contributed by atoms with Crippen LogP contribution in [0.5, 0.6) is 5.75 Å². The lowest BCUT2D eigenvalue weighted by Gasteiger charge is -2.21. The van der Waals surface area contributed by atoms with Gasteiger partial charge in [0.2, 0.25) is 5.91 Å². The minimum atomic E-state index is 0.180. The van der Waals surface area contributed by atoms with Crippen LogP contribution in [0.15, 0.2) is 42.7 Å². The number of aryl methyl sites for hydroxylation is 1. The summed E-state index contributed by atoms with van der Waals surface area (Å²) in [6, 6.07) is 9.64. The molecule has 25 heavy (non-hydrogen) atoms. The van der Waals surface area contributed by atoms with Crippen LogP contribution in [-0.4, -0.2) is 58.3 Å². The number of para-hydroxylation sites is 1.